The van der Waals surface area contributed by atoms with Crippen molar-refractivity contribution in [3.05, 3.63) is 24.3 Å². The van der Waals surface area contributed by atoms with Gasteiger partial charge < -0.3 is 16.4 Å². The number of hydrogen-bond acceptors (Lipinski definition) is 3. The predicted molar refractivity (Wildman–Crippen MR) is 84.1 cm³/mol. The van der Waals surface area contributed by atoms with Crippen LogP contribution >= 0.6 is 12.4 Å². The maximum atomic E-state index is 11.6. The average Bonchev–Trinajstić information content (AvgIpc) is 2.30. The zero-order chi connectivity index (χ0) is 14.4. The van der Waals surface area contributed by atoms with Crippen LogP contribution < -0.4 is 16.4 Å². The summed E-state index contributed by atoms with van der Waals surface area (Å²) < 4.78 is 0. The van der Waals surface area contributed by atoms with E-state index in [0.717, 1.165) is 0 Å². The van der Waals surface area contributed by atoms with Gasteiger partial charge in [-0.3, -0.25) is 9.59 Å². The minimum Gasteiger partial charge on any atom is -0.326 e. The van der Waals surface area contributed by atoms with Gasteiger partial charge in [-0.05, 0) is 37.1 Å². The Morgan fingerprint density at radius 2 is 1.50 bits per heavy atom. The van der Waals surface area contributed by atoms with E-state index in [4.69, 9.17) is 5.73 Å². The number of amides is 2. The lowest BCUT2D eigenvalue weighted by molar-refractivity contribution is -0.117. The third-order valence-corrected chi connectivity index (χ3v) is 2.44. The Morgan fingerprint density at radius 1 is 1.05 bits per heavy atom. The maximum absolute atomic E-state index is 11.6. The summed E-state index contributed by atoms with van der Waals surface area (Å²) in [5.74, 6) is 0.0727. The van der Waals surface area contributed by atoms with Crippen molar-refractivity contribution in [1.29, 1.82) is 0 Å². The second-order valence-corrected chi connectivity index (χ2v) is 5.00. The molecule has 5 nitrogen and oxygen atoms in total. The van der Waals surface area contributed by atoms with Crippen LogP contribution in [-0.4, -0.2) is 17.9 Å². The van der Waals surface area contributed by atoms with Crippen molar-refractivity contribution < 1.29 is 9.59 Å². The number of benzene rings is 1. The summed E-state index contributed by atoms with van der Waals surface area (Å²) in [5.41, 5.74) is 6.83. The van der Waals surface area contributed by atoms with Crippen LogP contribution in [0.5, 0.6) is 0 Å². The largest absolute Gasteiger partial charge is 0.326 e. The topological polar surface area (TPSA) is 84.2 Å². The Balaban J connectivity index is 0.00000361. The van der Waals surface area contributed by atoms with Crippen LogP contribution in [0.2, 0.25) is 0 Å². The summed E-state index contributed by atoms with van der Waals surface area (Å²) in [6.07, 6.45) is 0.489. The summed E-state index contributed by atoms with van der Waals surface area (Å²) in [7, 11) is 0. The van der Waals surface area contributed by atoms with Gasteiger partial charge in [0.2, 0.25) is 11.8 Å². The summed E-state index contributed by atoms with van der Waals surface area (Å²) >= 11 is 0. The summed E-state index contributed by atoms with van der Waals surface area (Å²) in [4.78, 5) is 23.0. The van der Waals surface area contributed by atoms with Crippen LogP contribution in [0, 0.1) is 5.92 Å². The van der Waals surface area contributed by atoms with Crippen LogP contribution in [0.3, 0.4) is 0 Å². The third kappa shape index (κ3) is 6.54. The molecule has 1 atom stereocenters. The number of hydrogen-bond donors (Lipinski definition) is 3. The van der Waals surface area contributed by atoms with Gasteiger partial charge in [-0.15, -0.1) is 12.4 Å². The van der Waals surface area contributed by atoms with Gasteiger partial charge in [0.15, 0.2) is 0 Å². The minimum absolute atomic E-state index is 0. The van der Waals surface area contributed by atoms with Crippen molar-refractivity contribution in [2.75, 3.05) is 10.6 Å². The highest BCUT2D eigenvalue weighted by atomic mass is 35.5. The first-order chi connectivity index (χ1) is 8.88. The highest BCUT2D eigenvalue weighted by molar-refractivity contribution is 5.95. The summed E-state index contributed by atoms with van der Waals surface area (Å²) in [6.45, 7) is 5.61. The molecule has 0 spiro atoms. The lowest BCUT2D eigenvalue weighted by Crippen LogP contribution is -2.32. The Hall–Kier alpha value is -1.59. The van der Waals surface area contributed by atoms with Crippen molar-refractivity contribution in [3.8, 4) is 0 Å². The number of rotatable bonds is 5. The zero-order valence-corrected chi connectivity index (χ0v) is 12.8. The van der Waals surface area contributed by atoms with E-state index in [1.54, 1.807) is 31.2 Å². The van der Waals surface area contributed by atoms with Crippen LogP contribution in [0.4, 0.5) is 11.4 Å². The molecule has 0 saturated carbocycles. The first-order valence-corrected chi connectivity index (χ1v) is 6.35. The van der Waals surface area contributed by atoms with E-state index in [1.165, 1.54) is 0 Å². The van der Waals surface area contributed by atoms with E-state index in [9.17, 15) is 9.59 Å². The first-order valence-electron chi connectivity index (χ1n) is 6.35. The van der Waals surface area contributed by atoms with Gasteiger partial charge in [0.1, 0.15) is 0 Å². The lowest BCUT2D eigenvalue weighted by Gasteiger charge is -2.10. The van der Waals surface area contributed by atoms with Crippen molar-refractivity contribution >= 4 is 35.6 Å². The van der Waals surface area contributed by atoms with Crippen molar-refractivity contribution in [2.45, 2.75) is 33.2 Å². The van der Waals surface area contributed by atoms with E-state index < -0.39 is 6.04 Å². The molecule has 1 aromatic rings. The molecule has 1 rings (SSSR count). The second kappa shape index (κ2) is 8.55. The van der Waals surface area contributed by atoms with E-state index in [1.807, 2.05) is 13.8 Å². The molecule has 0 fully saturated rings. The Labute approximate surface area is 125 Å². The molecule has 1 aromatic carbocycles. The zero-order valence-electron chi connectivity index (χ0n) is 12.0. The van der Waals surface area contributed by atoms with Gasteiger partial charge in [0.25, 0.3) is 0 Å². The first kappa shape index (κ1) is 18.4. The molecule has 0 aliphatic rings. The van der Waals surface area contributed by atoms with Crippen molar-refractivity contribution in [2.24, 2.45) is 11.7 Å². The molecule has 0 aliphatic carbocycles. The number of carbonyl (C=O) groups excluding carboxylic acids is 2. The molecule has 0 heterocycles. The fourth-order valence-electron chi connectivity index (χ4n) is 1.48. The highest BCUT2D eigenvalue weighted by Crippen LogP contribution is 2.14. The normalized spacial score (nSPS) is 11.4. The van der Waals surface area contributed by atoms with Crippen molar-refractivity contribution in [3.63, 3.8) is 0 Å². The molecular weight excluding hydrogens is 278 g/mol. The number of nitrogens with two attached hydrogens (primary N) is 1. The molecule has 0 saturated heterocycles. The SMILES string of the molecule is CC(C)CC(=O)Nc1ccc(NC(=O)[C@@H](C)N)cc1.Cl. The molecule has 2 amide bonds. The van der Waals surface area contributed by atoms with Crippen LogP contribution in [0.1, 0.15) is 27.2 Å². The lowest BCUT2D eigenvalue weighted by atomic mass is 10.1. The summed E-state index contributed by atoms with van der Waals surface area (Å²) in [5, 5.41) is 5.48. The molecule has 0 aromatic heterocycles. The van der Waals surface area contributed by atoms with Crippen LogP contribution in [0.15, 0.2) is 24.3 Å². The third-order valence-electron chi connectivity index (χ3n) is 2.44. The minimum atomic E-state index is -0.551. The molecule has 0 unspecified atom stereocenters. The molecule has 0 bridgehead atoms. The smallest absolute Gasteiger partial charge is 0.240 e. The van der Waals surface area contributed by atoms with Gasteiger partial charge in [-0.2, -0.15) is 0 Å². The van der Waals surface area contributed by atoms with Crippen LogP contribution in [-0.2, 0) is 9.59 Å². The number of nitrogens with one attached hydrogen (secondary N) is 2. The molecule has 4 N–H and O–H groups in total. The van der Waals surface area contributed by atoms with Gasteiger partial charge in [-0.25, -0.2) is 0 Å². The van der Waals surface area contributed by atoms with E-state index >= 15 is 0 Å². The highest BCUT2D eigenvalue weighted by Gasteiger charge is 2.08. The quantitative estimate of drug-likeness (QED) is 0.780. The molecule has 20 heavy (non-hydrogen) atoms. The molecular formula is C14H22ClN3O2. The number of halogens is 1. The molecule has 0 aliphatic heterocycles. The monoisotopic (exact) mass is 299 g/mol. The second-order valence-electron chi connectivity index (χ2n) is 5.00. The van der Waals surface area contributed by atoms with Crippen LogP contribution in [0.25, 0.3) is 0 Å². The Morgan fingerprint density at radius 3 is 1.90 bits per heavy atom. The van der Waals surface area contributed by atoms with E-state index in [2.05, 4.69) is 10.6 Å². The van der Waals surface area contributed by atoms with E-state index in [-0.39, 0.29) is 24.2 Å². The standard InChI is InChI=1S/C14H21N3O2.ClH/c1-9(2)8-13(18)16-11-4-6-12(7-5-11)17-14(19)10(3)15;/h4-7,9-10H,8,15H2,1-3H3,(H,16,18)(H,17,19);1H/t10-;/m1./s1. The van der Waals surface area contributed by atoms with Gasteiger partial charge in [0, 0.05) is 17.8 Å². The van der Waals surface area contributed by atoms with Gasteiger partial charge >= 0.3 is 0 Å². The fourth-order valence-corrected chi connectivity index (χ4v) is 1.48. The van der Waals surface area contributed by atoms with Gasteiger partial charge in [-0.1, -0.05) is 13.8 Å². The Kier molecular flexibility index (Phi) is 7.87. The van der Waals surface area contributed by atoms with Crippen molar-refractivity contribution in [1.82, 2.24) is 0 Å². The fraction of sp³-hybridized carbons (Fsp3) is 0.429. The van der Waals surface area contributed by atoms with Gasteiger partial charge in [0.05, 0.1) is 6.04 Å². The molecule has 112 valence electrons. The molecule has 6 heteroatoms. The average molecular weight is 300 g/mol. The number of anilines is 2. The number of carbonyl (C=O) groups is 2. The maximum Gasteiger partial charge on any atom is 0.240 e. The Bertz CT molecular complexity index is 444. The summed E-state index contributed by atoms with van der Waals surface area (Å²) in [6, 6.07) is 6.39. The molecule has 0 radical (unpaired) electrons. The predicted octanol–water partition coefficient (Wildman–Crippen LogP) is 2.38. The van der Waals surface area contributed by atoms with E-state index in [0.29, 0.717) is 23.7 Å².